The highest BCUT2D eigenvalue weighted by Crippen LogP contribution is 2.09. The van der Waals surface area contributed by atoms with Crippen LogP contribution in [0, 0.1) is 11.8 Å². The molecule has 0 fully saturated rings. The zero-order valence-corrected chi connectivity index (χ0v) is 18.8. The number of nitrogens with one attached hydrogen (secondary N) is 1. The van der Waals surface area contributed by atoms with E-state index in [0.29, 0.717) is 25.7 Å². The van der Waals surface area contributed by atoms with Gasteiger partial charge in [0, 0.05) is 31.9 Å². The molecule has 31 heavy (non-hydrogen) atoms. The fourth-order valence-electron chi connectivity index (χ4n) is 2.54. The summed E-state index contributed by atoms with van der Waals surface area (Å²) in [5, 5.41) is 12.1. The Morgan fingerprint density at radius 3 is 2.48 bits per heavy atom. The lowest BCUT2D eigenvalue weighted by atomic mass is 10.1. The molecule has 0 saturated carbocycles. The van der Waals surface area contributed by atoms with Crippen LogP contribution in [0.5, 0.6) is 0 Å². The number of carbonyl (C=O) groups excluding carboxylic acids is 2. The summed E-state index contributed by atoms with van der Waals surface area (Å²) < 4.78 is 10.0. The molecule has 7 heteroatoms. The number of ether oxygens (including phenoxy) is 2. The molecule has 0 aliphatic heterocycles. The number of rotatable bonds is 10. The van der Waals surface area contributed by atoms with E-state index in [1.165, 1.54) is 7.11 Å². The zero-order valence-electron chi connectivity index (χ0n) is 18.8. The second-order valence-electron chi connectivity index (χ2n) is 8.12. The van der Waals surface area contributed by atoms with E-state index < -0.39 is 23.9 Å². The fraction of sp³-hybridized carbons (Fsp3) is 0.500. The second-order valence-corrected chi connectivity index (χ2v) is 8.12. The van der Waals surface area contributed by atoms with E-state index >= 15 is 0 Å². The van der Waals surface area contributed by atoms with Crippen LogP contribution >= 0.6 is 0 Å². The lowest BCUT2D eigenvalue weighted by Gasteiger charge is -2.22. The summed E-state index contributed by atoms with van der Waals surface area (Å²) in [5.41, 5.74) is 6.61. The van der Waals surface area contributed by atoms with Crippen LogP contribution in [0.3, 0.4) is 0 Å². The minimum absolute atomic E-state index is 0.166. The molecule has 0 spiro atoms. The molecule has 0 aromatic heterocycles. The summed E-state index contributed by atoms with van der Waals surface area (Å²) in [4.78, 5) is 23.1. The Balaban J connectivity index is 2.62. The summed E-state index contributed by atoms with van der Waals surface area (Å²) in [6.45, 7) is 5.37. The van der Waals surface area contributed by atoms with Gasteiger partial charge in [0.05, 0.1) is 6.04 Å². The average molecular weight is 431 g/mol. The van der Waals surface area contributed by atoms with Crippen molar-refractivity contribution in [2.75, 3.05) is 7.11 Å². The van der Waals surface area contributed by atoms with Gasteiger partial charge in [0.25, 0.3) is 0 Å². The molecule has 2 amide bonds. The molecule has 1 aromatic carbocycles. The van der Waals surface area contributed by atoms with E-state index in [1.807, 2.05) is 36.4 Å². The van der Waals surface area contributed by atoms with Crippen LogP contribution in [-0.4, -0.2) is 42.1 Å². The van der Waals surface area contributed by atoms with E-state index in [9.17, 15) is 14.7 Å². The van der Waals surface area contributed by atoms with Crippen molar-refractivity contribution in [3.63, 3.8) is 0 Å². The number of nitrogens with two attached hydrogens (primary N) is 1. The van der Waals surface area contributed by atoms with Crippen molar-refractivity contribution in [2.24, 2.45) is 5.73 Å². The molecule has 1 rings (SSSR count). The molecular weight excluding hydrogens is 396 g/mol. The van der Waals surface area contributed by atoms with Crippen LogP contribution in [0.15, 0.2) is 36.4 Å². The normalized spacial score (nSPS) is 13.2. The molecule has 0 saturated heterocycles. The van der Waals surface area contributed by atoms with Crippen LogP contribution in [-0.2, 0) is 20.7 Å². The summed E-state index contributed by atoms with van der Waals surface area (Å²) in [7, 11) is 1.46. The van der Waals surface area contributed by atoms with Crippen molar-refractivity contribution >= 4 is 12.0 Å². The maximum atomic E-state index is 12.0. The second kappa shape index (κ2) is 13.5. The van der Waals surface area contributed by atoms with Gasteiger partial charge >= 0.3 is 6.09 Å². The molecule has 7 nitrogen and oxygen atoms in total. The first-order valence-electron chi connectivity index (χ1n) is 10.3. The molecule has 0 radical (unpaired) electrons. The maximum absolute atomic E-state index is 12.0. The Hall–Kier alpha value is -2.82. The minimum Gasteiger partial charge on any atom is -0.444 e. The van der Waals surface area contributed by atoms with Crippen LogP contribution in [0.25, 0.3) is 0 Å². The SMILES string of the molecule is COC(O)CCC#Cc1ccc(C/C=C/[C@H](CCC(N)=O)NC(=O)OC(C)(C)C)cc1. The third-order valence-electron chi connectivity index (χ3n) is 4.10. The van der Waals surface area contributed by atoms with Gasteiger partial charge < -0.3 is 25.6 Å². The van der Waals surface area contributed by atoms with Crippen molar-refractivity contribution < 1.29 is 24.2 Å². The highest BCUT2D eigenvalue weighted by molar-refractivity contribution is 5.74. The van der Waals surface area contributed by atoms with Gasteiger partial charge in [-0.15, -0.1) is 0 Å². The van der Waals surface area contributed by atoms with Crippen molar-refractivity contribution in [2.45, 2.75) is 70.8 Å². The van der Waals surface area contributed by atoms with Crippen molar-refractivity contribution in [3.05, 3.63) is 47.5 Å². The third kappa shape index (κ3) is 13.2. The van der Waals surface area contributed by atoms with Crippen LogP contribution in [0.4, 0.5) is 4.79 Å². The summed E-state index contributed by atoms with van der Waals surface area (Å²) in [6.07, 6.45) is 4.73. The topological polar surface area (TPSA) is 111 Å². The number of amides is 2. The summed E-state index contributed by atoms with van der Waals surface area (Å²) in [5.74, 6) is 5.64. The molecular formula is C24H34N2O5. The monoisotopic (exact) mass is 430 g/mol. The van der Waals surface area contributed by atoms with E-state index in [0.717, 1.165) is 11.1 Å². The van der Waals surface area contributed by atoms with Crippen molar-refractivity contribution in [1.82, 2.24) is 5.32 Å². The van der Waals surface area contributed by atoms with E-state index in [-0.39, 0.29) is 12.5 Å². The van der Waals surface area contributed by atoms with E-state index in [2.05, 4.69) is 17.2 Å². The Bertz CT molecular complexity index is 785. The van der Waals surface area contributed by atoms with Gasteiger partial charge in [-0.2, -0.15) is 0 Å². The predicted octanol–water partition coefficient (Wildman–Crippen LogP) is 3.04. The highest BCUT2D eigenvalue weighted by Gasteiger charge is 2.18. The molecule has 0 aliphatic rings. The smallest absolute Gasteiger partial charge is 0.408 e. The van der Waals surface area contributed by atoms with Gasteiger partial charge in [-0.05, 0) is 51.3 Å². The van der Waals surface area contributed by atoms with Gasteiger partial charge in [-0.1, -0.05) is 36.1 Å². The third-order valence-corrected chi connectivity index (χ3v) is 4.10. The van der Waals surface area contributed by atoms with Crippen LogP contribution < -0.4 is 11.1 Å². The Morgan fingerprint density at radius 2 is 1.90 bits per heavy atom. The Kier molecular flexibility index (Phi) is 11.4. The van der Waals surface area contributed by atoms with E-state index in [1.54, 1.807) is 20.8 Å². The van der Waals surface area contributed by atoms with Gasteiger partial charge in [0.2, 0.25) is 5.91 Å². The fourth-order valence-corrected chi connectivity index (χ4v) is 2.54. The van der Waals surface area contributed by atoms with Gasteiger partial charge in [0.15, 0.2) is 6.29 Å². The molecule has 2 atom stereocenters. The van der Waals surface area contributed by atoms with Crippen molar-refractivity contribution in [1.29, 1.82) is 0 Å². The lowest BCUT2D eigenvalue weighted by Crippen LogP contribution is -2.38. The summed E-state index contributed by atoms with van der Waals surface area (Å²) >= 11 is 0. The quantitative estimate of drug-likeness (QED) is 0.300. The summed E-state index contributed by atoms with van der Waals surface area (Å²) in [6, 6.07) is 7.49. The van der Waals surface area contributed by atoms with Crippen LogP contribution in [0.2, 0.25) is 0 Å². The first-order chi connectivity index (χ1) is 14.6. The number of primary amides is 1. The molecule has 4 N–H and O–H groups in total. The number of allylic oxidation sites excluding steroid dienone is 1. The van der Waals surface area contributed by atoms with Gasteiger partial charge in [0.1, 0.15) is 5.60 Å². The number of alkyl carbamates (subject to hydrolysis) is 1. The number of benzene rings is 1. The lowest BCUT2D eigenvalue weighted by molar-refractivity contribution is -0.118. The van der Waals surface area contributed by atoms with Crippen molar-refractivity contribution in [3.8, 4) is 11.8 Å². The number of aliphatic hydroxyl groups excluding tert-OH is 1. The number of carbonyl (C=O) groups is 2. The van der Waals surface area contributed by atoms with Crippen LogP contribution in [0.1, 0.15) is 57.6 Å². The molecule has 1 unspecified atom stereocenters. The van der Waals surface area contributed by atoms with Gasteiger partial charge in [-0.3, -0.25) is 4.79 Å². The first-order valence-corrected chi connectivity index (χ1v) is 10.3. The molecule has 170 valence electrons. The van der Waals surface area contributed by atoms with Gasteiger partial charge in [-0.25, -0.2) is 4.79 Å². The molecule has 1 aromatic rings. The standard InChI is InChI=1S/C24H34N2O5/c1-24(2,3)31-23(29)26-20(16-17-21(25)27)10-7-9-19-14-12-18(13-15-19)8-5-6-11-22(28)30-4/h7,10,12-15,20,22,28H,6,9,11,16-17H2,1-4H3,(H2,25,27)(H,26,29)/b10-7+/t20-,22?/m1/s1. The predicted molar refractivity (Wildman–Crippen MR) is 120 cm³/mol. The zero-order chi connectivity index (χ0) is 23.3. The molecule has 0 aliphatic carbocycles. The number of hydrogen-bond acceptors (Lipinski definition) is 5. The first kappa shape index (κ1) is 26.2. The maximum Gasteiger partial charge on any atom is 0.408 e. The molecule has 0 heterocycles. The Morgan fingerprint density at radius 1 is 1.23 bits per heavy atom. The number of aliphatic hydroxyl groups is 1. The minimum atomic E-state index is -0.778. The highest BCUT2D eigenvalue weighted by atomic mass is 16.6. The molecule has 0 bridgehead atoms. The Labute approximate surface area is 185 Å². The van der Waals surface area contributed by atoms with E-state index in [4.69, 9.17) is 15.2 Å². The average Bonchev–Trinajstić information content (AvgIpc) is 2.68. The number of hydrogen-bond donors (Lipinski definition) is 3. The number of methoxy groups -OCH3 is 1. The largest absolute Gasteiger partial charge is 0.444 e.